The van der Waals surface area contributed by atoms with Crippen LogP contribution in [0.4, 0.5) is 0 Å². The fourth-order valence-electron chi connectivity index (χ4n) is 6.50. The molecule has 0 nitrogen and oxygen atoms in total. The molecule has 6 aromatic rings. The maximum Gasteiger partial charge on any atom is 0.0412 e. The Balaban J connectivity index is 1.63. The largest absolute Gasteiger partial charge is 0.0843 e. The molecule has 0 aromatic heterocycles. The third kappa shape index (κ3) is 3.99. The monoisotopic (exact) mass is 532 g/mol. The molecule has 192 valence electrons. The first-order valence-electron chi connectivity index (χ1n) is 13.8. The van der Waals surface area contributed by atoms with Crippen molar-refractivity contribution >= 4 is 11.6 Å². The highest BCUT2D eigenvalue weighted by Crippen LogP contribution is 2.57. The smallest absolute Gasteiger partial charge is 0.0412 e. The van der Waals surface area contributed by atoms with Crippen molar-refractivity contribution in [3.63, 3.8) is 0 Å². The fourth-order valence-corrected chi connectivity index (χ4v) is 6.69. The molecule has 0 unspecified atom stereocenters. The molecule has 40 heavy (non-hydrogen) atoms. The third-order valence-corrected chi connectivity index (χ3v) is 8.53. The Kier molecular flexibility index (Phi) is 5.95. The zero-order valence-corrected chi connectivity index (χ0v) is 23.4. The molecular formula is C39H29Cl. The van der Waals surface area contributed by atoms with Crippen LogP contribution in [0.5, 0.6) is 0 Å². The Bertz CT molecular complexity index is 1860. The highest BCUT2D eigenvalue weighted by Gasteiger charge is 2.39. The van der Waals surface area contributed by atoms with Gasteiger partial charge in [0.15, 0.2) is 0 Å². The van der Waals surface area contributed by atoms with Crippen molar-refractivity contribution in [3.8, 4) is 55.6 Å². The molecule has 0 amide bonds. The minimum Gasteiger partial charge on any atom is -0.0843 e. The van der Waals surface area contributed by atoms with E-state index < -0.39 is 0 Å². The van der Waals surface area contributed by atoms with Crippen molar-refractivity contribution in [1.29, 1.82) is 0 Å². The van der Waals surface area contributed by atoms with Crippen molar-refractivity contribution in [1.82, 2.24) is 0 Å². The molecule has 0 N–H and O–H groups in total. The van der Waals surface area contributed by atoms with Crippen molar-refractivity contribution in [2.24, 2.45) is 0 Å². The Morgan fingerprint density at radius 1 is 0.425 bits per heavy atom. The predicted octanol–water partition coefficient (Wildman–Crippen LogP) is 11.3. The van der Waals surface area contributed by atoms with Gasteiger partial charge in [-0.1, -0.05) is 141 Å². The van der Waals surface area contributed by atoms with Crippen molar-refractivity contribution in [3.05, 3.63) is 156 Å². The van der Waals surface area contributed by atoms with Gasteiger partial charge in [0.05, 0.1) is 0 Å². The van der Waals surface area contributed by atoms with E-state index in [0.717, 1.165) is 16.1 Å². The van der Waals surface area contributed by atoms with Gasteiger partial charge in [-0.05, 0) is 91.0 Å². The van der Waals surface area contributed by atoms with Gasteiger partial charge in [0.1, 0.15) is 0 Å². The molecule has 0 bridgehead atoms. The lowest BCUT2D eigenvalue weighted by molar-refractivity contribution is 0.662. The average Bonchev–Trinajstić information content (AvgIpc) is 3.23. The first-order valence-corrected chi connectivity index (χ1v) is 14.2. The van der Waals surface area contributed by atoms with Crippen LogP contribution in [0.25, 0.3) is 55.6 Å². The minimum absolute atomic E-state index is 0.161. The number of halogens is 1. The maximum atomic E-state index is 6.41. The summed E-state index contributed by atoms with van der Waals surface area (Å²) in [7, 11) is 0. The van der Waals surface area contributed by atoms with E-state index in [2.05, 4.69) is 135 Å². The van der Waals surface area contributed by atoms with Crippen LogP contribution in [0.2, 0.25) is 5.02 Å². The molecule has 0 atom stereocenters. The zero-order chi connectivity index (χ0) is 27.3. The van der Waals surface area contributed by atoms with Crippen LogP contribution in [-0.4, -0.2) is 0 Å². The maximum absolute atomic E-state index is 6.41. The van der Waals surface area contributed by atoms with Crippen LogP contribution >= 0.6 is 11.6 Å². The second kappa shape index (κ2) is 9.66. The molecule has 0 fully saturated rings. The lowest BCUT2D eigenvalue weighted by Crippen LogP contribution is -2.17. The van der Waals surface area contributed by atoms with Gasteiger partial charge >= 0.3 is 0 Å². The third-order valence-electron chi connectivity index (χ3n) is 8.30. The van der Waals surface area contributed by atoms with Crippen LogP contribution in [0.3, 0.4) is 0 Å². The molecule has 6 aromatic carbocycles. The molecule has 0 radical (unpaired) electrons. The summed E-state index contributed by atoms with van der Waals surface area (Å²) in [6.45, 7) is 4.75. The van der Waals surface area contributed by atoms with Gasteiger partial charge in [-0.25, -0.2) is 0 Å². The quantitative estimate of drug-likeness (QED) is 0.212. The highest BCUT2D eigenvalue weighted by molar-refractivity contribution is 6.30. The van der Waals surface area contributed by atoms with Crippen LogP contribution in [0.1, 0.15) is 25.0 Å². The number of hydrogen-bond acceptors (Lipinski definition) is 0. The molecular weight excluding hydrogens is 504 g/mol. The first-order chi connectivity index (χ1) is 19.5. The number of fused-ring (bicyclic) bond motifs is 3. The summed E-state index contributed by atoms with van der Waals surface area (Å²) < 4.78 is 0. The van der Waals surface area contributed by atoms with E-state index in [9.17, 15) is 0 Å². The summed E-state index contributed by atoms with van der Waals surface area (Å²) in [4.78, 5) is 0. The van der Waals surface area contributed by atoms with E-state index in [1.807, 2.05) is 18.2 Å². The minimum atomic E-state index is -0.161. The van der Waals surface area contributed by atoms with Gasteiger partial charge in [-0.15, -0.1) is 0 Å². The molecule has 0 spiro atoms. The fraction of sp³-hybridized carbons (Fsp3) is 0.0769. The molecule has 0 heterocycles. The van der Waals surface area contributed by atoms with E-state index in [1.165, 1.54) is 55.6 Å². The Hall–Kier alpha value is -4.39. The number of rotatable bonds is 4. The number of hydrogen-bond donors (Lipinski definition) is 0. The molecule has 0 saturated heterocycles. The second-order valence-corrected chi connectivity index (χ2v) is 11.5. The lowest BCUT2D eigenvalue weighted by Gasteiger charge is -2.28. The summed E-state index contributed by atoms with van der Waals surface area (Å²) in [5.74, 6) is 0. The van der Waals surface area contributed by atoms with Crippen LogP contribution in [-0.2, 0) is 5.41 Å². The molecule has 1 heteroatoms. The van der Waals surface area contributed by atoms with E-state index in [-0.39, 0.29) is 5.41 Å². The first kappa shape index (κ1) is 24.6. The summed E-state index contributed by atoms with van der Waals surface area (Å²) in [6, 6.07) is 50.1. The normalized spacial score (nSPS) is 13.1. The van der Waals surface area contributed by atoms with Gasteiger partial charge in [0.2, 0.25) is 0 Å². The molecule has 1 aliphatic rings. The Morgan fingerprint density at radius 3 is 1.73 bits per heavy atom. The predicted molar refractivity (Wildman–Crippen MR) is 171 cm³/mol. The van der Waals surface area contributed by atoms with Gasteiger partial charge in [0.25, 0.3) is 0 Å². The highest BCUT2D eigenvalue weighted by atomic mass is 35.5. The Morgan fingerprint density at radius 2 is 1.00 bits per heavy atom. The van der Waals surface area contributed by atoms with E-state index in [1.54, 1.807) is 0 Å². The van der Waals surface area contributed by atoms with Crippen molar-refractivity contribution in [2.45, 2.75) is 19.3 Å². The summed E-state index contributed by atoms with van der Waals surface area (Å²) in [5, 5.41) is 0.747. The summed E-state index contributed by atoms with van der Waals surface area (Å²) in [5.41, 5.74) is 15.0. The lowest BCUT2D eigenvalue weighted by atomic mass is 9.74. The summed E-state index contributed by atoms with van der Waals surface area (Å²) in [6.07, 6.45) is 0. The average molecular weight is 533 g/mol. The second-order valence-electron chi connectivity index (χ2n) is 11.1. The van der Waals surface area contributed by atoms with Gasteiger partial charge in [0, 0.05) is 10.4 Å². The zero-order valence-electron chi connectivity index (χ0n) is 22.7. The molecule has 0 saturated carbocycles. The topological polar surface area (TPSA) is 0 Å². The number of benzene rings is 6. The van der Waals surface area contributed by atoms with E-state index in [4.69, 9.17) is 11.6 Å². The van der Waals surface area contributed by atoms with Gasteiger partial charge in [-0.3, -0.25) is 0 Å². The van der Waals surface area contributed by atoms with Crippen LogP contribution in [0, 0.1) is 0 Å². The van der Waals surface area contributed by atoms with E-state index >= 15 is 0 Å². The standard InChI is InChI=1S/C39H29Cl/c1-39(2)35-22-10-9-21-32(35)34-25-33(26-13-5-3-6-14-26)36(27-15-7-4-8-16-27)37(38(34)39)30-19-11-17-28(23-30)29-18-12-20-31(40)24-29/h3-25H,1-2H3. The van der Waals surface area contributed by atoms with Crippen molar-refractivity contribution in [2.75, 3.05) is 0 Å². The van der Waals surface area contributed by atoms with Gasteiger partial charge in [-0.2, -0.15) is 0 Å². The van der Waals surface area contributed by atoms with Crippen LogP contribution < -0.4 is 0 Å². The van der Waals surface area contributed by atoms with Crippen molar-refractivity contribution < 1.29 is 0 Å². The van der Waals surface area contributed by atoms with Crippen LogP contribution in [0.15, 0.2) is 140 Å². The Labute approximate surface area is 241 Å². The van der Waals surface area contributed by atoms with Gasteiger partial charge < -0.3 is 0 Å². The molecule has 1 aliphatic carbocycles. The van der Waals surface area contributed by atoms with E-state index in [0.29, 0.717) is 0 Å². The SMILES string of the molecule is CC1(C)c2ccccc2-c2cc(-c3ccccc3)c(-c3ccccc3)c(-c3cccc(-c4cccc(Cl)c4)c3)c21. The summed E-state index contributed by atoms with van der Waals surface area (Å²) >= 11 is 6.41. The molecule has 0 aliphatic heterocycles. The molecule has 7 rings (SSSR count).